The first-order chi connectivity index (χ1) is 13.1. The Morgan fingerprint density at radius 2 is 2.19 bits per heavy atom. The number of nitrogens with zero attached hydrogens (tertiary/aromatic N) is 1. The van der Waals surface area contributed by atoms with Gasteiger partial charge in [-0.2, -0.15) is 11.3 Å². The fraction of sp³-hybridized carbons (Fsp3) is 0.350. The average molecular weight is 448 g/mol. The number of nitrogens with one attached hydrogen (secondary N) is 2. The summed E-state index contributed by atoms with van der Waals surface area (Å²) in [4.78, 5) is 18.4. The monoisotopic (exact) mass is 447 g/mol. The van der Waals surface area contributed by atoms with E-state index in [1.807, 2.05) is 18.2 Å². The van der Waals surface area contributed by atoms with Crippen LogP contribution in [0.1, 0.15) is 28.9 Å². The summed E-state index contributed by atoms with van der Waals surface area (Å²) in [6.07, 6.45) is 1.95. The predicted octanol–water partition coefficient (Wildman–Crippen LogP) is 4.39. The molecule has 0 radical (unpaired) electrons. The zero-order chi connectivity index (χ0) is 18.8. The number of rotatable bonds is 5. The zero-order valence-electron chi connectivity index (χ0n) is 15.1. The minimum atomic E-state index is -0.0589. The lowest BCUT2D eigenvalue weighted by molar-refractivity contribution is 0.0905. The van der Waals surface area contributed by atoms with Crippen LogP contribution >= 0.6 is 27.3 Å². The molecule has 142 valence electrons. The number of ether oxygens (including phenoxy) is 1. The molecule has 1 amide bonds. The third-order valence-electron chi connectivity index (χ3n) is 5.08. The minimum absolute atomic E-state index is 0.0589. The molecule has 0 unspecified atom stereocenters. The number of piperidine rings is 1. The standard InChI is InChI=1S/C20H22BrN3O2S/c1-26-18-3-2-16(21)19-15(18)10-17(23-19)20(25)22-14-4-7-24(8-5-14)11-13-6-9-27-12-13/h2-3,6,9-10,12,14,23H,4-5,7-8,11H2,1H3,(H,22,25). The summed E-state index contributed by atoms with van der Waals surface area (Å²) < 4.78 is 6.32. The summed E-state index contributed by atoms with van der Waals surface area (Å²) in [5.74, 6) is 0.696. The van der Waals surface area contributed by atoms with Crippen LogP contribution in [0.4, 0.5) is 0 Å². The molecular weight excluding hydrogens is 426 g/mol. The summed E-state index contributed by atoms with van der Waals surface area (Å²) in [6.45, 7) is 3.01. The number of hydrogen-bond donors (Lipinski definition) is 2. The van der Waals surface area contributed by atoms with E-state index in [4.69, 9.17) is 4.74 Å². The number of methoxy groups -OCH3 is 1. The van der Waals surface area contributed by atoms with Gasteiger partial charge in [0.25, 0.3) is 5.91 Å². The number of thiophene rings is 1. The lowest BCUT2D eigenvalue weighted by Crippen LogP contribution is -2.44. The number of aromatic nitrogens is 1. The zero-order valence-corrected chi connectivity index (χ0v) is 17.5. The van der Waals surface area contributed by atoms with Crippen molar-refractivity contribution in [3.05, 3.63) is 50.8 Å². The molecule has 0 spiro atoms. The number of amides is 1. The molecule has 1 aliphatic heterocycles. The topological polar surface area (TPSA) is 57.4 Å². The number of hydrogen-bond acceptors (Lipinski definition) is 4. The second-order valence-corrected chi connectivity index (χ2v) is 8.51. The quantitative estimate of drug-likeness (QED) is 0.609. The molecule has 3 heterocycles. The van der Waals surface area contributed by atoms with E-state index in [1.165, 1.54) is 5.56 Å². The first kappa shape index (κ1) is 18.5. The Kier molecular flexibility index (Phi) is 5.52. The molecule has 1 fully saturated rings. The minimum Gasteiger partial charge on any atom is -0.496 e. The summed E-state index contributed by atoms with van der Waals surface area (Å²) in [5, 5.41) is 8.41. The van der Waals surface area contributed by atoms with Crippen LogP contribution in [0.25, 0.3) is 10.9 Å². The van der Waals surface area contributed by atoms with Crippen LogP contribution in [0.5, 0.6) is 5.75 Å². The van der Waals surface area contributed by atoms with E-state index >= 15 is 0 Å². The van der Waals surface area contributed by atoms with E-state index < -0.39 is 0 Å². The number of halogens is 1. The molecule has 5 nitrogen and oxygen atoms in total. The highest BCUT2D eigenvalue weighted by Crippen LogP contribution is 2.32. The van der Waals surface area contributed by atoms with Gasteiger partial charge in [-0.05, 0) is 69.4 Å². The molecule has 0 atom stereocenters. The van der Waals surface area contributed by atoms with Crippen molar-refractivity contribution >= 4 is 44.1 Å². The van der Waals surface area contributed by atoms with Crippen molar-refractivity contribution in [1.82, 2.24) is 15.2 Å². The van der Waals surface area contributed by atoms with Crippen LogP contribution in [0.3, 0.4) is 0 Å². The van der Waals surface area contributed by atoms with E-state index in [1.54, 1.807) is 18.4 Å². The molecule has 0 bridgehead atoms. The average Bonchev–Trinajstić information content (AvgIpc) is 3.34. The number of likely N-dealkylation sites (tertiary alicyclic amines) is 1. The van der Waals surface area contributed by atoms with E-state index in [0.717, 1.165) is 53.6 Å². The fourth-order valence-corrected chi connectivity index (χ4v) is 4.70. The Labute approximate surface area is 170 Å². The van der Waals surface area contributed by atoms with Crippen LogP contribution in [0, 0.1) is 0 Å². The van der Waals surface area contributed by atoms with Crippen molar-refractivity contribution in [3.8, 4) is 5.75 Å². The molecule has 27 heavy (non-hydrogen) atoms. The lowest BCUT2D eigenvalue weighted by atomic mass is 10.0. The highest BCUT2D eigenvalue weighted by molar-refractivity contribution is 9.10. The molecule has 7 heteroatoms. The van der Waals surface area contributed by atoms with E-state index in [-0.39, 0.29) is 11.9 Å². The van der Waals surface area contributed by atoms with E-state index in [2.05, 4.69) is 48.0 Å². The van der Waals surface area contributed by atoms with Crippen LogP contribution < -0.4 is 10.1 Å². The number of fused-ring (bicyclic) bond motifs is 1. The molecule has 3 aromatic rings. The number of aromatic amines is 1. The largest absolute Gasteiger partial charge is 0.496 e. The van der Waals surface area contributed by atoms with Gasteiger partial charge in [0.15, 0.2) is 0 Å². The van der Waals surface area contributed by atoms with Gasteiger partial charge < -0.3 is 15.0 Å². The van der Waals surface area contributed by atoms with E-state index in [9.17, 15) is 4.79 Å². The Morgan fingerprint density at radius 1 is 1.37 bits per heavy atom. The first-order valence-corrected chi connectivity index (χ1v) is 10.8. The highest BCUT2D eigenvalue weighted by atomic mass is 79.9. The fourth-order valence-electron chi connectivity index (χ4n) is 3.60. The van der Waals surface area contributed by atoms with Gasteiger partial charge in [-0.25, -0.2) is 0 Å². The highest BCUT2D eigenvalue weighted by Gasteiger charge is 2.22. The summed E-state index contributed by atoms with van der Waals surface area (Å²) >= 11 is 5.27. The van der Waals surface area contributed by atoms with Gasteiger partial charge >= 0.3 is 0 Å². The molecular formula is C20H22BrN3O2S. The van der Waals surface area contributed by atoms with Gasteiger partial charge in [-0.1, -0.05) is 0 Å². The van der Waals surface area contributed by atoms with E-state index in [0.29, 0.717) is 5.69 Å². The van der Waals surface area contributed by atoms with Gasteiger partial charge in [0.2, 0.25) is 0 Å². The number of carbonyl (C=O) groups excluding carboxylic acids is 1. The molecule has 1 saturated heterocycles. The number of benzene rings is 1. The predicted molar refractivity (Wildman–Crippen MR) is 113 cm³/mol. The van der Waals surface area contributed by atoms with Gasteiger partial charge in [0.05, 0.1) is 12.6 Å². The van der Waals surface area contributed by atoms with Gasteiger partial charge in [0.1, 0.15) is 11.4 Å². The molecule has 1 aromatic carbocycles. The molecule has 0 saturated carbocycles. The summed E-state index contributed by atoms with van der Waals surface area (Å²) in [7, 11) is 1.64. The smallest absolute Gasteiger partial charge is 0.267 e. The molecule has 2 aromatic heterocycles. The molecule has 4 rings (SSSR count). The van der Waals surface area contributed by atoms with Crippen molar-refractivity contribution in [2.24, 2.45) is 0 Å². The molecule has 2 N–H and O–H groups in total. The van der Waals surface area contributed by atoms with Crippen LogP contribution in [0.15, 0.2) is 39.5 Å². The first-order valence-electron chi connectivity index (χ1n) is 9.03. The Bertz CT molecular complexity index is 930. The SMILES string of the molecule is COc1ccc(Br)c2[nH]c(C(=O)NC3CCN(Cc4ccsc4)CC3)cc12. The third kappa shape index (κ3) is 4.05. The van der Waals surface area contributed by atoms with Crippen LogP contribution in [-0.2, 0) is 6.54 Å². The lowest BCUT2D eigenvalue weighted by Gasteiger charge is -2.32. The third-order valence-corrected chi connectivity index (χ3v) is 6.47. The Hall–Kier alpha value is -1.83. The van der Waals surface area contributed by atoms with Gasteiger partial charge in [-0.3, -0.25) is 9.69 Å². The summed E-state index contributed by atoms with van der Waals surface area (Å²) in [5.41, 5.74) is 2.82. The van der Waals surface area contributed by atoms with Crippen molar-refractivity contribution < 1.29 is 9.53 Å². The molecule has 1 aliphatic rings. The van der Waals surface area contributed by atoms with Gasteiger partial charge in [0, 0.05) is 35.5 Å². The van der Waals surface area contributed by atoms with Crippen LogP contribution in [0.2, 0.25) is 0 Å². The second-order valence-electron chi connectivity index (χ2n) is 6.88. The number of H-pyrrole nitrogens is 1. The maximum atomic E-state index is 12.7. The molecule has 0 aliphatic carbocycles. The normalized spacial score (nSPS) is 15.9. The summed E-state index contributed by atoms with van der Waals surface area (Å²) in [6, 6.07) is 8.07. The maximum absolute atomic E-state index is 12.7. The van der Waals surface area contributed by atoms with Crippen molar-refractivity contribution in [2.45, 2.75) is 25.4 Å². The Balaban J connectivity index is 1.38. The van der Waals surface area contributed by atoms with Crippen LogP contribution in [-0.4, -0.2) is 42.0 Å². The maximum Gasteiger partial charge on any atom is 0.267 e. The van der Waals surface area contributed by atoms with Crippen molar-refractivity contribution in [2.75, 3.05) is 20.2 Å². The van der Waals surface area contributed by atoms with Gasteiger partial charge in [-0.15, -0.1) is 0 Å². The number of carbonyl (C=O) groups is 1. The Morgan fingerprint density at radius 3 is 2.89 bits per heavy atom. The van der Waals surface area contributed by atoms with Crippen molar-refractivity contribution in [3.63, 3.8) is 0 Å². The second kappa shape index (κ2) is 8.04. The van der Waals surface area contributed by atoms with Crippen molar-refractivity contribution in [1.29, 1.82) is 0 Å².